The van der Waals surface area contributed by atoms with E-state index in [2.05, 4.69) is 66.9 Å². The van der Waals surface area contributed by atoms with E-state index >= 15 is 0 Å². The lowest BCUT2D eigenvalue weighted by Crippen LogP contribution is -2.09. The molecule has 0 radical (unpaired) electrons. The molecule has 20 heavy (non-hydrogen) atoms. The normalized spacial score (nSPS) is 20.5. The first kappa shape index (κ1) is 13.4. The summed E-state index contributed by atoms with van der Waals surface area (Å²) >= 11 is 3.56. The molecule has 3 rings (SSSR count). The van der Waals surface area contributed by atoms with Crippen molar-refractivity contribution in [2.24, 2.45) is 0 Å². The molecule has 1 aromatic carbocycles. The van der Waals surface area contributed by atoms with Crippen LogP contribution in [0.2, 0.25) is 0 Å². The number of halogens is 1. The third kappa shape index (κ3) is 2.77. The number of benzene rings is 1. The number of aromatic nitrogens is 2. The van der Waals surface area contributed by atoms with Gasteiger partial charge in [0.05, 0.1) is 0 Å². The molecule has 1 heterocycles. The lowest BCUT2D eigenvalue weighted by molar-refractivity contribution is 1.01. The summed E-state index contributed by atoms with van der Waals surface area (Å²) in [6.45, 7) is 2.89. The Balaban J connectivity index is 1.70. The molecule has 0 bridgehead atoms. The first-order chi connectivity index (χ1) is 9.79. The van der Waals surface area contributed by atoms with E-state index < -0.39 is 0 Å². The average molecular weight is 333 g/mol. The highest BCUT2D eigenvalue weighted by atomic mass is 79.9. The van der Waals surface area contributed by atoms with Crippen molar-refractivity contribution in [3.63, 3.8) is 0 Å². The second-order valence-corrected chi connectivity index (χ2v) is 5.71. The zero-order valence-electron chi connectivity index (χ0n) is 11.3. The van der Waals surface area contributed by atoms with Gasteiger partial charge >= 0.3 is 0 Å². The predicted octanol–water partition coefficient (Wildman–Crippen LogP) is 3.64. The van der Waals surface area contributed by atoms with Gasteiger partial charge in [-0.15, -0.1) is 0 Å². The van der Waals surface area contributed by atoms with Crippen LogP contribution in [-0.2, 0) is 0 Å². The van der Waals surface area contributed by atoms with Crippen LogP contribution in [0.15, 0.2) is 41.1 Å². The Hall–Kier alpha value is -1.62. The van der Waals surface area contributed by atoms with E-state index in [1.54, 1.807) is 6.33 Å². The fourth-order valence-electron chi connectivity index (χ4n) is 2.36. The van der Waals surface area contributed by atoms with Gasteiger partial charge in [-0.1, -0.05) is 30.3 Å². The maximum Gasteiger partial charge on any atom is 0.146 e. The van der Waals surface area contributed by atoms with Crippen LogP contribution in [0.5, 0.6) is 0 Å². The molecular formula is C15H17BrN4. The van der Waals surface area contributed by atoms with Gasteiger partial charge in [-0.3, -0.25) is 0 Å². The molecule has 1 aliphatic carbocycles. The molecule has 0 aliphatic heterocycles. The van der Waals surface area contributed by atoms with Crippen LogP contribution in [-0.4, -0.2) is 22.6 Å². The highest BCUT2D eigenvalue weighted by Gasteiger charge is 2.38. The van der Waals surface area contributed by atoms with E-state index in [9.17, 15) is 0 Å². The topological polar surface area (TPSA) is 49.8 Å². The van der Waals surface area contributed by atoms with Gasteiger partial charge in [-0.05, 0) is 34.8 Å². The third-order valence-electron chi connectivity index (χ3n) is 3.47. The van der Waals surface area contributed by atoms with Crippen molar-refractivity contribution in [2.45, 2.75) is 25.3 Å². The summed E-state index contributed by atoms with van der Waals surface area (Å²) in [7, 11) is 0. The Bertz CT molecular complexity index is 588. The number of rotatable bonds is 5. The fraction of sp³-hybridized carbons (Fsp3) is 0.333. The lowest BCUT2D eigenvalue weighted by atomic mass is 10.1. The molecule has 2 aromatic rings. The van der Waals surface area contributed by atoms with Crippen molar-refractivity contribution in [3.05, 3.63) is 46.7 Å². The van der Waals surface area contributed by atoms with Crippen LogP contribution in [0.1, 0.15) is 24.8 Å². The molecule has 0 saturated heterocycles. The molecule has 4 nitrogen and oxygen atoms in total. The highest BCUT2D eigenvalue weighted by molar-refractivity contribution is 9.10. The summed E-state index contributed by atoms with van der Waals surface area (Å²) in [5, 5.41) is 6.71. The number of nitrogens with zero attached hydrogens (tertiary/aromatic N) is 2. The molecular weight excluding hydrogens is 316 g/mol. The van der Waals surface area contributed by atoms with Gasteiger partial charge in [0.15, 0.2) is 0 Å². The van der Waals surface area contributed by atoms with E-state index in [0.29, 0.717) is 12.0 Å². The molecule has 0 amide bonds. The summed E-state index contributed by atoms with van der Waals surface area (Å²) in [5.74, 6) is 2.28. The standard InChI is InChI=1S/C15H17BrN4/c1-2-17-14-13(16)15(19-9-18-14)20-12-8-11(12)10-6-4-3-5-7-10/h3-7,9,11-12H,2,8H2,1H3,(H2,17,18,19,20). The van der Waals surface area contributed by atoms with E-state index in [0.717, 1.165) is 29.1 Å². The van der Waals surface area contributed by atoms with Crippen molar-refractivity contribution in [2.75, 3.05) is 17.2 Å². The molecule has 104 valence electrons. The van der Waals surface area contributed by atoms with Crippen LogP contribution < -0.4 is 10.6 Å². The van der Waals surface area contributed by atoms with Crippen LogP contribution in [0.3, 0.4) is 0 Å². The van der Waals surface area contributed by atoms with Crippen molar-refractivity contribution >= 4 is 27.6 Å². The molecule has 1 aliphatic rings. The van der Waals surface area contributed by atoms with Gasteiger partial charge in [-0.25, -0.2) is 9.97 Å². The molecule has 1 saturated carbocycles. The first-order valence-corrected chi connectivity index (χ1v) is 7.64. The van der Waals surface area contributed by atoms with Gasteiger partial charge < -0.3 is 10.6 Å². The number of hydrogen-bond acceptors (Lipinski definition) is 4. The van der Waals surface area contributed by atoms with Crippen LogP contribution in [0.4, 0.5) is 11.6 Å². The first-order valence-electron chi connectivity index (χ1n) is 6.85. The third-order valence-corrected chi connectivity index (χ3v) is 4.23. The van der Waals surface area contributed by atoms with Crippen molar-refractivity contribution in [1.82, 2.24) is 9.97 Å². The second kappa shape index (κ2) is 5.79. The predicted molar refractivity (Wildman–Crippen MR) is 85.1 cm³/mol. The molecule has 1 aromatic heterocycles. The number of anilines is 2. The molecule has 2 unspecified atom stereocenters. The monoisotopic (exact) mass is 332 g/mol. The summed E-state index contributed by atoms with van der Waals surface area (Å²) in [6.07, 6.45) is 2.74. The smallest absolute Gasteiger partial charge is 0.146 e. The van der Waals surface area contributed by atoms with Gasteiger partial charge in [0.25, 0.3) is 0 Å². The summed E-state index contributed by atoms with van der Waals surface area (Å²) in [6, 6.07) is 11.1. The Labute approximate surface area is 127 Å². The fourth-order valence-corrected chi connectivity index (χ4v) is 2.82. The van der Waals surface area contributed by atoms with Crippen molar-refractivity contribution < 1.29 is 0 Å². The van der Waals surface area contributed by atoms with E-state index in [4.69, 9.17) is 0 Å². The lowest BCUT2D eigenvalue weighted by Gasteiger charge is -2.10. The Morgan fingerprint density at radius 2 is 1.95 bits per heavy atom. The van der Waals surface area contributed by atoms with Gasteiger partial charge in [0, 0.05) is 18.5 Å². The Morgan fingerprint density at radius 1 is 1.20 bits per heavy atom. The number of hydrogen-bond donors (Lipinski definition) is 2. The molecule has 1 fully saturated rings. The Morgan fingerprint density at radius 3 is 2.70 bits per heavy atom. The maximum atomic E-state index is 4.32. The summed E-state index contributed by atoms with van der Waals surface area (Å²) in [5.41, 5.74) is 1.39. The van der Waals surface area contributed by atoms with Crippen LogP contribution >= 0.6 is 15.9 Å². The molecule has 2 N–H and O–H groups in total. The largest absolute Gasteiger partial charge is 0.369 e. The van der Waals surface area contributed by atoms with E-state index in [1.165, 1.54) is 5.56 Å². The Kier molecular flexibility index (Phi) is 3.87. The van der Waals surface area contributed by atoms with Crippen LogP contribution in [0.25, 0.3) is 0 Å². The van der Waals surface area contributed by atoms with Gasteiger partial charge in [0.2, 0.25) is 0 Å². The van der Waals surface area contributed by atoms with Crippen molar-refractivity contribution in [1.29, 1.82) is 0 Å². The van der Waals surface area contributed by atoms with Crippen molar-refractivity contribution in [3.8, 4) is 0 Å². The quantitative estimate of drug-likeness (QED) is 0.877. The minimum absolute atomic E-state index is 0.457. The minimum atomic E-state index is 0.457. The maximum absolute atomic E-state index is 4.32. The van der Waals surface area contributed by atoms with Crippen LogP contribution in [0, 0.1) is 0 Å². The molecule has 2 atom stereocenters. The molecule has 0 spiro atoms. The number of nitrogens with one attached hydrogen (secondary N) is 2. The van der Waals surface area contributed by atoms with E-state index in [1.807, 2.05) is 6.92 Å². The summed E-state index contributed by atoms with van der Waals surface area (Å²) < 4.78 is 0.903. The zero-order chi connectivity index (χ0) is 13.9. The van der Waals surface area contributed by atoms with E-state index in [-0.39, 0.29) is 0 Å². The SMILES string of the molecule is CCNc1ncnc(NC2CC2c2ccccc2)c1Br. The summed E-state index contributed by atoms with van der Waals surface area (Å²) in [4.78, 5) is 8.54. The van der Waals surface area contributed by atoms with Gasteiger partial charge in [-0.2, -0.15) is 0 Å². The second-order valence-electron chi connectivity index (χ2n) is 4.92. The minimum Gasteiger partial charge on any atom is -0.369 e. The van der Waals surface area contributed by atoms with Gasteiger partial charge in [0.1, 0.15) is 22.4 Å². The highest BCUT2D eigenvalue weighted by Crippen LogP contribution is 2.43. The zero-order valence-corrected chi connectivity index (χ0v) is 12.9. The molecule has 5 heteroatoms. The average Bonchev–Trinajstić information content (AvgIpc) is 3.24.